The van der Waals surface area contributed by atoms with Gasteiger partial charge in [0.2, 0.25) is 5.91 Å². The number of nitrogens with zero attached hydrogens (tertiary/aromatic N) is 3. The highest BCUT2D eigenvalue weighted by atomic mass is 35.5. The number of fused-ring (bicyclic) bond motifs is 1. The molecule has 2 aromatic rings. The van der Waals surface area contributed by atoms with Gasteiger partial charge in [0.05, 0.1) is 5.69 Å². The van der Waals surface area contributed by atoms with Crippen molar-refractivity contribution in [1.82, 2.24) is 14.8 Å². The van der Waals surface area contributed by atoms with Crippen molar-refractivity contribution in [3.8, 4) is 0 Å². The Labute approximate surface area is 263 Å². The first kappa shape index (κ1) is 30.6. The maximum atomic E-state index is 13.8. The molecule has 2 aliphatic carbocycles. The quantitative estimate of drug-likeness (QED) is 0.238. The lowest BCUT2D eigenvalue weighted by atomic mass is 9.92. The van der Waals surface area contributed by atoms with Gasteiger partial charge in [0.1, 0.15) is 0 Å². The summed E-state index contributed by atoms with van der Waals surface area (Å²) < 4.78 is 0. The van der Waals surface area contributed by atoms with Crippen molar-refractivity contribution in [2.45, 2.75) is 108 Å². The van der Waals surface area contributed by atoms with Crippen molar-refractivity contribution in [1.29, 1.82) is 0 Å². The maximum Gasteiger partial charge on any atom is 0.225 e. The Morgan fingerprint density at radius 1 is 0.884 bits per heavy atom. The largest absolute Gasteiger partial charge is 0.338 e. The fourth-order valence-electron chi connectivity index (χ4n) is 8.16. The van der Waals surface area contributed by atoms with Crippen molar-refractivity contribution in [2.24, 2.45) is 5.92 Å². The molecule has 4 aliphatic rings. The van der Waals surface area contributed by atoms with E-state index in [1.54, 1.807) is 5.57 Å². The fourth-order valence-corrected chi connectivity index (χ4v) is 8.39. The number of allylic oxidation sites excluding steroid dienone is 2. The van der Waals surface area contributed by atoms with E-state index in [1.807, 2.05) is 18.3 Å². The minimum absolute atomic E-state index is 0.185. The van der Waals surface area contributed by atoms with E-state index < -0.39 is 0 Å². The Kier molecular flexibility index (Phi) is 10.7. The zero-order valence-electron chi connectivity index (χ0n) is 26.0. The number of rotatable bonds is 8. The highest BCUT2D eigenvalue weighted by molar-refractivity contribution is 6.31. The first-order chi connectivity index (χ1) is 21.2. The molecule has 43 heavy (non-hydrogen) atoms. The van der Waals surface area contributed by atoms with Crippen molar-refractivity contribution < 1.29 is 4.79 Å². The van der Waals surface area contributed by atoms with Gasteiger partial charge in [0.15, 0.2) is 0 Å². The van der Waals surface area contributed by atoms with E-state index in [-0.39, 0.29) is 5.92 Å². The second-order valence-corrected chi connectivity index (χ2v) is 13.8. The minimum Gasteiger partial charge on any atom is -0.338 e. The summed E-state index contributed by atoms with van der Waals surface area (Å²) >= 11 is 6.39. The Morgan fingerprint density at radius 3 is 2.65 bits per heavy atom. The molecule has 0 bridgehead atoms. The summed E-state index contributed by atoms with van der Waals surface area (Å²) in [6.45, 7) is 4.48. The number of amides is 1. The second-order valence-electron chi connectivity index (χ2n) is 13.4. The van der Waals surface area contributed by atoms with Crippen molar-refractivity contribution in [3.05, 3.63) is 74.9 Å². The molecule has 6 rings (SSSR count). The van der Waals surface area contributed by atoms with Crippen molar-refractivity contribution in [3.63, 3.8) is 0 Å². The molecule has 2 aliphatic heterocycles. The summed E-state index contributed by atoms with van der Waals surface area (Å²) in [5.74, 6) is 1.07. The summed E-state index contributed by atoms with van der Waals surface area (Å²) in [6.07, 6.45) is 26.1. The summed E-state index contributed by atoms with van der Waals surface area (Å²) in [7, 11) is 0. The van der Waals surface area contributed by atoms with Crippen LogP contribution < -0.4 is 10.4 Å². The van der Waals surface area contributed by atoms with Crippen LogP contribution in [0.15, 0.2) is 48.2 Å². The zero-order valence-corrected chi connectivity index (χ0v) is 26.7. The van der Waals surface area contributed by atoms with Gasteiger partial charge in [-0.2, -0.15) is 0 Å². The molecule has 3 fully saturated rings. The van der Waals surface area contributed by atoms with Crippen LogP contribution in [0.4, 0.5) is 0 Å². The molecular formula is C38H50ClN3O. The Bertz CT molecular complexity index is 1390. The molecular weight excluding hydrogens is 550 g/mol. The molecule has 0 radical (unpaired) electrons. The average molecular weight is 600 g/mol. The third-order valence-corrected chi connectivity index (χ3v) is 10.9. The van der Waals surface area contributed by atoms with Gasteiger partial charge in [0, 0.05) is 42.2 Å². The van der Waals surface area contributed by atoms with Crippen molar-refractivity contribution in [2.75, 3.05) is 26.2 Å². The van der Waals surface area contributed by atoms with Crippen LogP contribution in [0.25, 0.3) is 12.2 Å². The molecule has 1 aromatic carbocycles. The number of aryl methyl sites for hydroxylation is 1. The van der Waals surface area contributed by atoms with Gasteiger partial charge in [0.25, 0.3) is 0 Å². The Morgan fingerprint density at radius 2 is 1.77 bits per heavy atom. The second kappa shape index (κ2) is 15.0. The topological polar surface area (TPSA) is 36.4 Å². The van der Waals surface area contributed by atoms with Crippen LogP contribution in [0.5, 0.6) is 0 Å². The van der Waals surface area contributed by atoms with E-state index >= 15 is 0 Å². The number of hydrogen-bond acceptors (Lipinski definition) is 3. The van der Waals surface area contributed by atoms with E-state index in [0.29, 0.717) is 17.9 Å². The number of carbonyl (C=O) groups excluding carboxylic acids is 1. The first-order valence-corrected chi connectivity index (χ1v) is 17.6. The minimum atomic E-state index is 0.185. The lowest BCUT2D eigenvalue weighted by Gasteiger charge is -2.31. The van der Waals surface area contributed by atoms with E-state index in [1.165, 1.54) is 60.5 Å². The summed E-state index contributed by atoms with van der Waals surface area (Å²) in [6, 6.07) is 10.9. The van der Waals surface area contributed by atoms with Crippen LogP contribution in [-0.2, 0) is 11.2 Å². The van der Waals surface area contributed by atoms with Gasteiger partial charge in [-0.15, -0.1) is 0 Å². The number of likely N-dealkylation sites (tertiary alicyclic amines) is 2. The van der Waals surface area contributed by atoms with Crippen LogP contribution in [0, 0.1) is 5.92 Å². The Balaban J connectivity index is 1.09. The molecule has 230 valence electrons. The smallest absolute Gasteiger partial charge is 0.225 e. The molecule has 0 spiro atoms. The van der Waals surface area contributed by atoms with Gasteiger partial charge >= 0.3 is 0 Å². The predicted octanol–water partition coefficient (Wildman–Crippen LogP) is 7.18. The van der Waals surface area contributed by atoms with Crippen LogP contribution in [0.3, 0.4) is 0 Å². The molecule has 1 saturated carbocycles. The highest BCUT2D eigenvalue weighted by Crippen LogP contribution is 2.34. The zero-order chi connectivity index (χ0) is 29.4. The predicted molar refractivity (Wildman–Crippen MR) is 178 cm³/mol. The number of carbonyl (C=O) groups is 1. The summed E-state index contributed by atoms with van der Waals surface area (Å²) in [5.41, 5.74) is 4.08. The van der Waals surface area contributed by atoms with Crippen LogP contribution >= 0.6 is 11.6 Å². The third kappa shape index (κ3) is 7.81. The molecule has 4 nitrogen and oxygen atoms in total. The molecule has 3 atom stereocenters. The van der Waals surface area contributed by atoms with Gasteiger partial charge < -0.3 is 9.80 Å². The van der Waals surface area contributed by atoms with Crippen molar-refractivity contribution >= 4 is 29.7 Å². The van der Waals surface area contributed by atoms with Gasteiger partial charge in [-0.25, -0.2) is 0 Å². The number of aromatic nitrogens is 1. The summed E-state index contributed by atoms with van der Waals surface area (Å²) in [5, 5.41) is 3.57. The standard InChI is InChI=1S/C38H50ClN3O/c39-36-20-2-1-13-31(36)15-6-11-29-10-5-14-30-23-24-40-37(35(30)19-7-12-29)32-16-8-17-33(22-21-32)38(43)42-27-9-18-34(42)28-41-25-3-4-26-41/h1-2,12-14,19-20,23-24,32-34H,3-11,15-18,21-22,25-28H2/b29-12+,30-14-,35-19+/t32?,33?,34-/m0/s1. The van der Waals surface area contributed by atoms with Crippen LogP contribution in [0.1, 0.15) is 107 Å². The third-order valence-electron chi connectivity index (χ3n) is 10.5. The lowest BCUT2D eigenvalue weighted by Crippen LogP contribution is -2.45. The number of benzene rings is 1. The molecule has 1 aromatic heterocycles. The maximum absolute atomic E-state index is 13.8. The van der Waals surface area contributed by atoms with Crippen LogP contribution in [-0.4, -0.2) is 52.9 Å². The van der Waals surface area contributed by atoms with E-state index in [2.05, 4.69) is 46.2 Å². The van der Waals surface area contributed by atoms with E-state index in [0.717, 1.165) is 88.7 Å². The normalized spacial score (nSPS) is 27.8. The molecule has 1 amide bonds. The number of pyridine rings is 1. The van der Waals surface area contributed by atoms with E-state index in [9.17, 15) is 4.79 Å². The molecule has 0 N–H and O–H groups in total. The van der Waals surface area contributed by atoms with Gasteiger partial charge in [-0.3, -0.25) is 9.78 Å². The van der Waals surface area contributed by atoms with E-state index in [4.69, 9.17) is 16.6 Å². The average Bonchev–Trinajstić information content (AvgIpc) is 3.66. The fraction of sp³-hybridized carbons (Fsp3) is 0.579. The number of hydrogen-bond donors (Lipinski definition) is 0. The van der Waals surface area contributed by atoms with Gasteiger partial charge in [-0.1, -0.05) is 60.0 Å². The first-order valence-electron chi connectivity index (χ1n) is 17.2. The lowest BCUT2D eigenvalue weighted by molar-refractivity contribution is -0.137. The molecule has 5 heteroatoms. The van der Waals surface area contributed by atoms with Gasteiger partial charge in [-0.05, 0) is 131 Å². The number of halogens is 1. The molecule has 2 unspecified atom stereocenters. The highest BCUT2D eigenvalue weighted by Gasteiger charge is 2.35. The molecule has 3 heterocycles. The Hall–Kier alpha value is -2.43. The SMILES string of the molecule is O=C(C1CCCC(c2nccc3/c2=C\C/C=C(/CCCc2ccccc2Cl)CC\C=3)CC1)N1CCC[C@H]1CN1CCCC1. The monoisotopic (exact) mass is 599 g/mol. The molecule has 2 saturated heterocycles. The summed E-state index contributed by atoms with van der Waals surface area (Å²) in [4.78, 5) is 23.7. The van der Waals surface area contributed by atoms with Crippen LogP contribution in [0.2, 0.25) is 5.02 Å².